The van der Waals surface area contributed by atoms with Crippen molar-refractivity contribution in [1.29, 1.82) is 0 Å². The lowest BCUT2D eigenvalue weighted by molar-refractivity contribution is -0.137. The molecule has 1 aliphatic heterocycles. The lowest BCUT2D eigenvalue weighted by Crippen LogP contribution is -2.31. The Hall–Kier alpha value is -2.22. The van der Waals surface area contributed by atoms with Gasteiger partial charge in [0.2, 0.25) is 5.91 Å². The third kappa shape index (κ3) is 6.78. The molecule has 0 aliphatic carbocycles. The Morgan fingerprint density at radius 2 is 2.15 bits per heavy atom. The van der Waals surface area contributed by atoms with Crippen molar-refractivity contribution in [3.63, 3.8) is 0 Å². The Kier molecular flexibility index (Phi) is 7.12. The second-order valence-electron chi connectivity index (χ2n) is 7.28. The number of aliphatic carboxylic acids is 1. The van der Waals surface area contributed by atoms with E-state index in [4.69, 9.17) is 9.84 Å². The predicted octanol–water partition coefficient (Wildman–Crippen LogP) is 2.69. The number of thiol groups is 1. The summed E-state index contributed by atoms with van der Waals surface area (Å²) in [5.41, 5.74) is 5.37. The molecule has 1 aliphatic rings. The van der Waals surface area contributed by atoms with Crippen LogP contribution in [0.5, 0.6) is 5.75 Å². The molecule has 1 aromatic carbocycles. The molecule has 1 aromatic rings. The van der Waals surface area contributed by atoms with E-state index < -0.39 is 5.97 Å². The first-order valence-corrected chi connectivity index (χ1v) is 9.38. The molecule has 0 bridgehead atoms. The number of nitrogens with one attached hydrogen (secondary N) is 1. The van der Waals surface area contributed by atoms with Gasteiger partial charge in [-0.15, -0.1) is 0 Å². The van der Waals surface area contributed by atoms with Gasteiger partial charge in [0.05, 0.1) is 12.3 Å². The summed E-state index contributed by atoms with van der Waals surface area (Å²) >= 11 is 4.37. The normalized spacial score (nSPS) is 15.4. The van der Waals surface area contributed by atoms with E-state index in [2.05, 4.69) is 28.1 Å². The second-order valence-corrected chi connectivity index (χ2v) is 8.49. The summed E-state index contributed by atoms with van der Waals surface area (Å²) in [7, 11) is 1.99. The molecule has 1 amide bonds. The fraction of sp³-hybridized carbons (Fsp3) is 0.526. The molecule has 0 unspecified atom stereocenters. The largest absolute Gasteiger partial charge is 0.494 e. The summed E-state index contributed by atoms with van der Waals surface area (Å²) in [5, 5.41) is 13.0. The number of carbonyl (C=O) groups is 2. The lowest BCUT2D eigenvalue weighted by Gasteiger charge is -2.29. The zero-order valence-corrected chi connectivity index (χ0v) is 16.9. The summed E-state index contributed by atoms with van der Waals surface area (Å²) in [5.74, 6) is -0.303. The maximum Gasteiger partial charge on any atom is 0.303 e. The molecule has 0 spiro atoms. The molecule has 7 nitrogen and oxygen atoms in total. The average molecular weight is 394 g/mol. The van der Waals surface area contributed by atoms with Gasteiger partial charge in [-0.3, -0.25) is 9.59 Å². The lowest BCUT2D eigenvalue weighted by atomic mass is 10.00. The standard InChI is InChI=1S/C19H27N3O4S/c1-19(2,27)12-17(23)21-20-15-8-9-22(3)16-11-13(6-7-14(15)16)26-10-4-5-18(24)25/h6-7,11,27H,4-5,8-10,12H2,1-3H3,(H,21,23)(H,24,25)/b20-15-. The van der Waals surface area contributed by atoms with Gasteiger partial charge in [-0.1, -0.05) is 13.8 Å². The van der Waals surface area contributed by atoms with Crippen molar-refractivity contribution in [3.8, 4) is 5.75 Å². The van der Waals surface area contributed by atoms with Gasteiger partial charge < -0.3 is 14.7 Å². The van der Waals surface area contributed by atoms with Crippen LogP contribution in [0.2, 0.25) is 0 Å². The molecule has 0 atom stereocenters. The summed E-state index contributed by atoms with van der Waals surface area (Å²) in [6.07, 6.45) is 1.56. The van der Waals surface area contributed by atoms with E-state index in [9.17, 15) is 9.59 Å². The number of nitrogens with zero attached hydrogens (tertiary/aromatic N) is 2. The van der Waals surface area contributed by atoms with Gasteiger partial charge in [0.25, 0.3) is 0 Å². The number of hydrogen-bond acceptors (Lipinski definition) is 6. The summed E-state index contributed by atoms with van der Waals surface area (Å²) in [4.78, 5) is 24.7. The van der Waals surface area contributed by atoms with Crippen molar-refractivity contribution in [3.05, 3.63) is 23.8 Å². The van der Waals surface area contributed by atoms with Gasteiger partial charge in [0.15, 0.2) is 0 Å². The van der Waals surface area contributed by atoms with Crippen molar-refractivity contribution < 1.29 is 19.4 Å². The minimum absolute atomic E-state index is 0.0877. The van der Waals surface area contributed by atoms with Crippen LogP contribution in [0.25, 0.3) is 0 Å². The minimum Gasteiger partial charge on any atom is -0.494 e. The van der Waals surface area contributed by atoms with E-state index in [1.807, 2.05) is 39.1 Å². The first-order valence-electron chi connectivity index (χ1n) is 8.93. The van der Waals surface area contributed by atoms with Crippen molar-refractivity contribution in [1.82, 2.24) is 5.43 Å². The van der Waals surface area contributed by atoms with Crippen molar-refractivity contribution in [2.75, 3.05) is 25.1 Å². The number of rotatable bonds is 8. The summed E-state index contributed by atoms with van der Waals surface area (Å²) in [6, 6.07) is 5.68. The van der Waals surface area contributed by atoms with Crippen molar-refractivity contribution in [2.45, 2.75) is 44.3 Å². The SMILES string of the molecule is CN1CC/C(=N/NC(=O)CC(C)(C)S)c2ccc(OCCCC(=O)O)cc21. The van der Waals surface area contributed by atoms with Crippen LogP contribution in [0.15, 0.2) is 23.3 Å². The van der Waals surface area contributed by atoms with Crippen LogP contribution in [0.1, 0.15) is 45.1 Å². The Morgan fingerprint density at radius 3 is 2.81 bits per heavy atom. The van der Waals surface area contributed by atoms with Crippen LogP contribution in [-0.4, -0.2) is 47.6 Å². The number of carboxylic acids is 1. The van der Waals surface area contributed by atoms with E-state index in [0.29, 0.717) is 18.8 Å². The Bertz CT molecular complexity index is 728. The number of hydrazone groups is 1. The molecule has 0 radical (unpaired) electrons. The van der Waals surface area contributed by atoms with E-state index >= 15 is 0 Å². The third-order valence-electron chi connectivity index (χ3n) is 4.09. The molecule has 27 heavy (non-hydrogen) atoms. The van der Waals surface area contributed by atoms with Crippen LogP contribution in [0.4, 0.5) is 5.69 Å². The molecule has 148 valence electrons. The quantitative estimate of drug-likeness (QED) is 0.359. The third-order valence-corrected chi connectivity index (χ3v) is 4.25. The highest BCUT2D eigenvalue weighted by Crippen LogP contribution is 2.30. The van der Waals surface area contributed by atoms with E-state index in [0.717, 1.165) is 29.9 Å². The van der Waals surface area contributed by atoms with Gasteiger partial charge in [-0.05, 0) is 18.6 Å². The Morgan fingerprint density at radius 1 is 1.41 bits per heavy atom. The van der Waals surface area contributed by atoms with E-state index in [-0.39, 0.29) is 23.5 Å². The highest BCUT2D eigenvalue weighted by Gasteiger charge is 2.21. The Labute approximate surface area is 165 Å². The van der Waals surface area contributed by atoms with Crippen LogP contribution < -0.4 is 15.1 Å². The number of carboxylic acid groups (broad SMARTS) is 1. The highest BCUT2D eigenvalue weighted by atomic mass is 32.1. The van der Waals surface area contributed by atoms with Crippen LogP contribution >= 0.6 is 12.6 Å². The molecule has 0 saturated carbocycles. The van der Waals surface area contributed by atoms with E-state index in [1.54, 1.807) is 0 Å². The van der Waals surface area contributed by atoms with Gasteiger partial charge in [-0.25, -0.2) is 5.43 Å². The number of amides is 1. The topological polar surface area (TPSA) is 91.2 Å². The van der Waals surface area contributed by atoms with Gasteiger partial charge in [-0.2, -0.15) is 17.7 Å². The summed E-state index contributed by atoms with van der Waals surface area (Å²) in [6.45, 7) is 4.89. The number of fused-ring (bicyclic) bond motifs is 1. The van der Waals surface area contributed by atoms with Gasteiger partial charge in [0, 0.05) is 54.9 Å². The maximum absolute atomic E-state index is 12.0. The second kappa shape index (κ2) is 9.12. The predicted molar refractivity (Wildman–Crippen MR) is 109 cm³/mol. The number of benzene rings is 1. The first kappa shape index (κ1) is 21.1. The number of ether oxygens (including phenoxy) is 1. The average Bonchev–Trinajstić information content (AvgIpc) is 2.57. The van der Waals surface area contributed by atoms with Crippen molar-refractivity contribution in [2.24, 2.45) is 5.10 Å². The fourth-order valence-electron chi connectivity index (χ4n) is 2.78. The molecule has 0 saturated heterocycles. The Balaban J connectivity index is 2.07. The zero-order valence-electron chi connectivity index (χ0n) is 16.0. The molecule has 0 fully saturated rings. The first-order chi connectivity index (χ1) is 12.7. The molecule has 2 rings (SSSR count). The van der Waals surface area contributed by atoms with Crippen molar-refractivity contribution >= 4 is 35.9 Å². The molecular weight excluding hydrogens is 366 g/mol. The zero-order chi connectivity index (χ0) is 20.0. The van der Waals surface area contributed by atoms with E-state index in [1.165, 1.54) is 0 Å². The van der Waals surface area contributed by atoms with Crippen LogP contribution in [0, 0.1) is 0 Å². The molecule has 1 heterocycles. The summed E-state index contributed by atoms with van der Waals surface area (Å²) < 4.78 is 5.26. The smallest absolute Gasteiger partial charge is 0.303 e. The molecule has 0 aromatic heterocycles. The fourth-order valence-corrected chi connectivity index (χ4v) is 2.93. The molecular formula is C19H27N3O4S. The number of anilines is 1. The van der Waals surface area contributed by atoms with Crippen LogP contribution in [0.3, 0.4) is 0 Å². The number of carbonyl (C=O) groups excluding carboxylic acids is 1. The maximum atomic E-state index is 12.0. The molecule has 8 heteroatoms. The van der Waals surface area contributed by atoms with Gasteiger partial charge >= 0.3 is 5.97 Å². The van der Waals surface area contributed by atoms with Crippen LogP contribution in [-0.2, 0) is 9.59 Å². The highest BCUT2D eigenvalue weighted by molar-refractivity contribution is 7.81. The monoisotopic (exact) mass is 393 g/mol. The van der Waals surface area contributed by atoms with Gasteiger partial charge in [0.1, 0.15) is 5.75 Å². The minimum atomic E-state index is -0.826. The molecule has 2 N–H and O–H groups in total. The number of hydrogen-bond donors (Lipinski definition) is 3.